The number of nitrogens with one attached hydrogen (secondary N) is 2. The highest BCUT2D eigenvalue weighted by Crippen LogP contribution is 2.38. The smallest absolute Gasteiger partial charge is 0.238 e. The third kappa shape index (κ3) is 3.86. The van der Waals surface area contributed by atoms with Gasteiger partial charge in [0.05, 0.1) is 10.9 Å². The van der Waals surface area contributed by atoms with Crippen molar-refractivity contribution in [1.29, 1.82) is 0 Å². The fourth-order valence-electron chi connectivity index (χ4n) is 3.86. The molecule has 0 aliphatic carbocycles. The first-order chi connectivity index (χ1) is 12.6. The predicted molar refractivity (Wildman–Crippen MR) is 104 cm³/mol. The third-order valence-corrected chi connectivity index (χ3v) is 6.82. The van der Waals surface area contributed by atoms with Crippen LogP contribution >= 0.6 is 23.4 Å². The molecule has 3 aliphatic heterocycles. The van der Waals surface area contributed by atoms with Crippen LogP contribution in [0.4, 0.5) is 5.69 Å². The quantitative estimate of drug-likeness (QED) is 0.816. The Morgan fingerprint density at radius 2 is 2.08 bits per heavy atom. The number of carbonyl (C=O) groups excluding carboxylic acids is 2. The molecule has 0 spiro atoms. The Hall–Kier alpha value is -1.28. The highest BCUT2D eigenvalue weighted by molar-refractivity contribution is 8.01. The molecular weight excluding hydrogens is 372 g/mol. The van der Waals surface area contributed by atoms with E-state index in [4.69, 9.17) is 11.6 Å². The third-order valence-electron chi connectivity index (χ3n) is 5.31. The molecule has 140 valence electrons. The first kappa shape index (κ1) is 18.1. The van der Waals surface area contributed by atoms with Gasteiger partial charge in [-0.3, -0.25) is 14.5 Å². The average Bonchev–Trinajstić information content (AvgIpc) is 3.13. The molecule has 3 aliphatic rings. The topological polar surface area (TPSA) is 64.7 Å². The molecule has 6 nitrogen and oxygen atoms in total. The van der Waals surface area contributed by atoms with Crippen LogP contribution in [0.5, 0.6) is 0 Å². The van der Waals surface area contributed by atoms with E-state index in [1.807, 2.05) is 17.0 Å². The van der Waals surface area contributed by atoms with Gasteiger partial charge in [-0.05, 0) is 24.6 Å². The van der Waals surface area contributed by atoms with E-state index in [1.54, 1.807) is 6.07 Å². The summed E-state index contributed by atoms with van der Waals surface area (Å²) in [5.74, 6) is -0.0383. The minimum atomic E-state index is -0.380. The molecule has 0 saturated carbocycles. The van der Waals surface area contributed by atoms with Crippen molar-refractivity contribution in [3.8, 4) is 0 Å². The first-order valence-electron chi connectivity index (χ1n) is 9.10. The number of piperazine rings is 1. The Kier molecular flexibility index (Phi) is 5.40. The number of likely N-dealkylation sites (tertiary alicyclic amines) is 1. The van der Waals surface area contributed by atoms with E-state index < -0.39 is 0 Å². The number of benzene rings is 1. The van der Waals surface area contributed by atoms with Crippen molar-refractivity contribution >= 4 is 40.9 Å². The second-order valence-corrected chi connectivity index (χ2v) is 8.69. The normalized spacial score (nSPS) is 26.5. The predicted octanol–water partition coefficient (Wildman–Crippen LogP) is 1.65. The van der Waals surface area contributed by atoms with Crippen molar-refractivity contribution < 1.29 is 9.59 Å². The standard InChI is InChI=1S/C18H23ClN4O2S/c19-12-1-2-15-14(9-12)21-18(25)16(26-15)10-17(24)23-6-3-13(11-23)22-7-4-20-5-8-22/h1-2,9,13,16,20H,3-8,10-11H2,(H,21,25). The van der Waals surface area contributed by atoms with Gasteiger partial charge in [0.25, 0.3) is 0 Å². The summed E-state index contributed by atoms with van der Waals surface area (Å²) in [7, 11) is 0. The van der Waals surface area contributed by atoms with E-state index in [0.717, 1.165) is 56.3 Å². The molecule has 2 N–H and O–H groups in total. The molecule has 8 heteroatoms. The van der Waals surface area contributed by atoms with Gasteiger partial charge in [0.2, 0.25) is 11.8 Å². The lowest BCUT2D eigenvalue weighted by molar-refractivity contribution is -0.131. The van der Waals surface area contributed by atoms with Crippen molar-refractivity contribution in [3.05, 3.63) is 23.2 Å². The van der Waals surface area contributed by atoms with E-state index in [9.17, 15) is 9.59 Å². The summed E-state index contributed by atoms with van der Waals surface area (Å²) < 4.78 is 0. The monoisotopic (exact) mass is 394 g/mol. The number of hydrogen-bond donors (Lipinski definition) is 2. The fourth-order valence-corrected chi connectivity index (χ4v) is 5.11. The molecule has 3 heterocycles. The molecule has 0 radical (unpaired) electrons. The van der Waals surface area contributed by atoms with Crippen molar-refractivity contribution in [3.63, 3.8) is 0 Å². The van der Waals surface area contributed by atoms with Gasteiger partial charge >= 0.3 is 0 Å². The van der Waals surface area contributed by atoms with E-state index in [2.05, 4.69) is 15.5 Å². The van der Waals surface area contributed by atoms with E-state index in [0.29, 0.717) is 11.1 Å². The number of nitrogens with zero attached hydrogens (tertiary/aromatic N) is 2. The fraction of sp³-hybridized carbons (Fsp3) is 0.556. The maximum Gasteiger partial charge on any atom is 0.238 e. The van der Waals surface area contributed by atoms with Crippen LogP contribution < -0.4 is 10.6 Å². The summed E-state index contributed by atoms with van der Waals surface area (Å²) in [6.45, 7) is 5.71. The summed E-state index contributed by atoms with van der Waals surface area (Å²) in [4.78, 5) is 30.5. The molecule has 1 aromatic rings. The minimum absolute atomic E-state index is 0.0766. The van der Waals surface area contributed by atoms with Crippen LogP contribution in [0.2, 0.25) is 5.02 Å². The second kappa shape index (κ2) is 7.76. The first-order valence-corrected chi connectivity index (χ1v) is 10.4. The zero-order valence-electron chi connectivity index (χ0n) is 14.5. The van der Waals surface area contributed by atoms with Gasteiger partial charge in [-0.15, -0.1) is 11.8 Å². The molecule has 0 aromatic heterocycles. The number of carbonyl (C=O) groups is 2. The molecule has 0 bridgehead atoms. The van der Waals surface area contributed by atoms with E-state index in [-0.39, 0.29) is 23.5 Å². The number of thioether (sulfide) groups is 1. The van der Waals surface area contributed by atoms with Crippen molar-refractivity contribution in [1.82, 2.24) is 15.1 Å². The van der Waals surface area contributed by atoms with Crippen LogP contribution in [0.1, 0.15) is 12.8 Å². The number of amides is 2. The lowest BCUT2D eigenvalue weighted by Gasteiger charge is -2.32. The Balaban J connectivity index is 1.35. The molecule has 2 unspecified atom stereocenters. The Morgan fingerprint density at radius 1 is 1.27 bits per heavy atom. The van der Waals surface area contributed by atoms with Gasteiger partial charge in [0, 0.05) is 61.6 Å². The summed E-state index contributed by atoms with van der Waals surface area (Å²) in [6.07, 6.45) is 1.27. The van der Waals surface area contributed by atoms with Crippen LogP contribution in [-0.2, 0) is 9.59 Å². The SMILES string of the molecule is O=C1Nc2cc(Cl)ccc2SC1CC(=O)N1CCC(N2CCNCC2)C1. The molecule has 2 fully saturated rings. The maximum atomic E-state index is 12.7. The van der Waals surface area contributed by atoms with E-state index in [1.165, 1.54) is 11.8 Å². The number of halogens is 1. The van der Waals surface area contributed by atoms with Gasteiger partial charge in [0.15, 0.2) is 0 Å². The maximum absolute atomic E-state index is 12.7. The molecule has 2 amide bonds. The largest absolute Gasteiger partial charge is 0.341 e. The van der Waals surface area contributed by atoms with E-state index >= 15 is 0 Å². The van der Waals surface area contributed by atoms with Crippen molar-refractivity contribution in [2.75, 3.05) is 44.6 Å². The van der Waals surface area contributed by atoms with Gasteiger partial charge in [-0.2, -0.15) is 0 Å². The van der Waals surface area contributed by atoms with Crippen LogP contribution in [0.3, 0.4) is 0 Å². The number of hydrogen-bond acceptors (Lipinski definition) is 5. The number of fused-ring (bicyclic) bond motifs is 1. The average molecular weight is 395 g/mol. The minimum Gasteiger partial charge on any atom is -0.341 e. The van der Waals surface area contributed by atoms with Gasteiger partial charge in [-0.25, -0.2) is 0 Å². The molecule has 1 aromatic carbocycles. The summed E-state index contributed by atoms with van der Waals surface area (Å²) in [5.41, 5.74) is 0.733. The Morgan fingerprint density at radius 3 is 2.88 bits per heavy atom. The molecule has 4 rings (SSSR count). The highest BCUT2D eigenvalue weighted by atomic mass is 35.5. The van der Waals surface area contributed by atoms with Crippen molar-refractivity contribution in [2.24, 2.45) is 0 Å². The molecular formula is C18H23ClN4O2S. The summed E-state index contributed by atoms with van der Waals surface area (Å²) in [6, 6.07) is 5.91. The summed E-state index contributed by atoms with van der Waals surface area (Å²) in [5, 5.41) is 6.45. The van der Waals surface area contributed by atoms with Crippen LogP contribution in [0.25, 0.3) is 0 Å². The van der Waals surface area contributed by atoms with Gasteiger partial charge < -0.3 is 15.5 Å². The number of rotatable bonds is 3. The zero-order chi connectivity index (χ0) is 18.1. The number of anilines is 1. The zero-order valence-corrected chi connectivity index (χ0v) is 16.1. The lowest BCUT2D eigenvalue weighted by Crippen LogP contribution is -2.49. The van der Waals surface area contributed by atoms with Gasteiger partial charge in [0.1, 0.15) is 0 Å². The highest BCUT2D eigenvalue weighted by Gasteiger charge is 2.34. The Bertz CT molecular complexity index is 710. The van der Waals surface area contributed by atoms with Crippen LogP contribution in [-0.4, -0.2) is 72.2 Å². The molecule has 2 saturated heterocycles. The second-order valence-electron chi connectivity index (χ2n) is 7.01. The molecule has 2 atom stereocenters. The Labute approximate surface area is 162 Å². The van der Waals surface area contributed by atoms with Crippen LogP contribution in [0, 0.1) is 0 Å². The van der Waals surface area contributed by atoms with Crippen molar-refractivity contribution in [2.45, 2.75) is 29.0 Å². The lowest BCUT2D eigenvalue weighted by atomic mass is 10.2. The van der Waals surface area contributed by atoms with Gasteiger partial charge in [-0.1, -0.05) is 11.6 Å². The molecule has 26 heavy (non-hydrogen) atoms. The van der Waals surface area contributed by atoms with Crippen LogP contribution in [0.15, 0.2) is 23.1 Å². The summed E-state index contributed by atoms with van der Waals surface area (Å²) >= 11 is 7.43.